The fourth-order valence-corrected chi connectivity index (χ4v) is 2.17. The second-order valence-corrected chi connectivity index (χ2v) is 4.10. The van der Waals surface area contributed by atoms with Gasteiger partial charge in [-0.2, -0.15) is 0 Å². The van der Waals surface area contributed by atoms with E-state index in [9.17, 15) is 0 Å². The van der Waals surface area contributed by atoms with Crippen LogP contribution in [0.4, 0.5) is 0 Å². The predicted octanol–water partition coefficient (Wildman–Crippen LogP) is 1.34. The molecule has 0 atom stereocenters. The fraction of sp³-hybridized carbons (Fsp3) is 0.750. The van der Waals surface area contributed by atoms with Gasteiger partial charge in [-0.1, -0.05) is 32.5 Å². The zero-order valence-corrected chi connectivity index (χ0v) is 8.84. The quantitative estimate of drug-likeness (QED) is 0.544. The molecule has 1 nitrogen and oxygen atoms in total. The molecule has 0 aromatic carbocycles. The molecule has 2 heteroatoms. The zero-order chi connectivity index (χ0) is 7.82. The number of allylic oxidation sites excluding steroid dienone is 1. The molecule has 0 aliphatic carbocycles. The molecule has 0 aliphatic rings. The standard InChI is InChI=1S/C8H19NSi/c1-4-7-8-10-9(5-2)6-3/h7-8H,4-6,10H2,1-3H3. The Labute approximate surface area is 67.0 Å². The summed E-state index contributed by atoms with van der Waals surface area (Å²) in [6, 6.07) is 0. The molecule has 0 aromatic heterocycles. The van der Waals surface area contributed by atoms with Gasteiger partial charge in [0.25, 0.3) is 0 Å². The van der Waals surface area contributed by atoms with Crippen LogP contribution in [0.25, 0.3) is 0 Å². The van der Waals surface area contributed by atoms with Gasteiger partial charge in [-0.25, -0.2) is 0 Å². The highest BCUT2D eigenvalue weighted by Crippen LogP contribution is 1.85. The van der Waals surface area contributed by atoms with Gasteiger partial charge >= 0.3 is 0 Å². The molecule has 0 aliphatic heterocycles. The summed E-state index contributed by atoms with van der Waals surface area (Å²) in [4.78, 5) is 0. The summed E-state index contributed by atoms with van der Waals surface area (Å²) >= 11 is 0. The van der Waals surface area contributed by atoms with Gasteiger partial charge in [-0.15, -0.1) is 0 Å². The summed E-state index contributed by atoms with van der Waals surface area (Å²) < 4.78 is 2.53. The van der Waals surface area contributed by atoms with Crippen molar-refractivity contribution >= 4 is 9.68 Å². The van der Waals surface area contributed by atoms with E-state index in [4.69, 9.17) is 0 Å². The predicted molar refractivity (Wildman–Crippen MR) is 50.9 cm³/mol. The molecule has 0 fully saturated rings. The Balaban J connectivity index is 3.34. The van der Waals surface area contributed by atoms with Crippen LogP contribution in [0, 0.1) is 0 Å². The number of hydrogen-bond acceptors (Lipinski definition) is 1. The molecule has 60 valence electrons. The maximum atomic E-state index is 2.53. The fourth-order valence-electron chi connectivity index (χ4n) is 0.872. The van der Waals surface area contributed by atoms with E-state index in [-0.39, 0.29) is 9.68 Å². The molecule has 0 saturated heterocycles. The van der Waals surface area contributed by atoms with Crippen LogP contribution >= 0.6 is 0 Å². The van der Waals surface area contributed by atoms with Crippen LogP contribution < -0.4 is 0 Å². The van der Waals surface area contributed by atoms with Crippen molar-refractivity contribution in [3.63, 3.8) is 0 Å². The van der Waals surface area contributed by atoms with E-state index in [1.807, 2.05) is 0 Å². The van der Waals surface area contributed by atoms with Crippen LogP contribution in [0.15, 0.2) is 11.8 Å². The lowest BCUT2D eigenvalue weighted by Crippen LogP contribution is -2.25. The van der Waals surface area contributed by atoms with Gasteiger partial charge in [-0.3, -0.25) is 0 Å². The molecule has 0 bridgehead atoms. The Morgan fingerprint density at radius 3 is 2.20 bits per heavy atom. The number of nitrogens with zero attached hydrogens (tertiary/aromatic N) is 1. The Morgan fingerprint density at radius 2 is 1.80 bits per heavy atom. The van der Waals surface area contributed by atoms with Gasteiger partial charge in [0.1, 0.15) is 9.68 Å². The van der Waals surface area contributed by atoms with Crippen LogP contribution in [0.3, 0.4) is 0 Å². The Bertz CT molecular complexity index is 87.3. The van der Waals surface area contributed by atoms with Gasteiger partial charge in [0.15, 0.2) is 0 Å². The summed E-state index contributed by atoms with van der Waals surface area (Å²) in [6.07, 6.45) is 3.47. The second kappa shape index (κ2) is 7.03. The first-order valence-corrected chi connectivity index (χ1v) is 5.67. The first kappa shape index (κ1) is 9.92. The maximum Gasteiger partial charge on any atom is 0.119 e. The minimum absolute atomic E-state index is 0.0330. The molecule has 0 saturated carbocycles. The molecule has 0 unspecified atom stereocenters. The molecular formula is C8H19NSi. The lowest BCUT2D eigenvalue weighted by Gasteiger charge is -2.14. The topological polar surface area (TPSA) is 3.24 Å². The third-order valence-electron chi connectivity index (χ3n) is 1.66. The highest BCUT2D eigenvalue weighted by Gasteiger charge is 1.92. The molecule has 0 amide bonds. The summed E-state index contributed by atoms with van der Waals surface area (Å²) in [5.74, 6) is 0. The van der Waals surface area contributed by atoms with Crippen LogP contribution in [0.1, 0.15) is 27.2 Å². The van der Waals surface area contributed by atoms with E-state index >= 15 is 0 Å². The smallest absolute Gasteiger partial charge is 0.119 e. The van der Waals surface area contributed by atoms with Gasteiger partial charge in [0.05, 0.1) is 0 Å². The monoisotopic (exact) mass is 157 g/mol. The van der Waals surface area contributed by atoms with E-state index in [0.29, 0.717) is 0 Å². The SMILES string of the molecule is CCC=C[SiH2]N(CC)CC. The molecule has 0 heterocycles. The van der Waals surface area contributed by atoms with E-state index in [1.54, 1.807) is 0 Å². The maximum absolute atomic E-state index is 2.53. The van der Waals surface area contributed by atoms with Crippen molar-refractivity contribution < 1.29 is 0 Å². The Hall–Kier alpha value is -0.0831. The van der Waals surface area contributed by atoms with Gasteiger partial charge in [-0.05, 0) is 19.5 Å². The van der Waals surface area contributed by atoms with Crippen LogP contribution in [-0.2, 0) is 0 Å². The molecule has 0 rings (SSSR count). The molecule has 0 aromatic rings. The highest BCUT2D eigenvalue weighted by atomic mass is 28.2. The average Bonchev–Trinajstić information content (AvgIpc) is 1.99. The zero-order valence-electron chi connectivity index (χ0n) is 7.43. The lowest BCUT2D eigenvalue weighted by atomic mass is 10.5. The molecular weight excluding hydrogens is 138 g/mol. The summed E-state index contributed by atoms with van der Waals surface area (Å²) in [7, 11) is -0.0330. The van der Waals surface area contributed by atoms with Crippen molar-refractivity contribution in [3.8, 4) is 0 Å². The van der Waals surface area contributed by atoms with Crippen molar-refractivity contribution in [2.24, 2.45) is 0 Å². The van der Waals surface area contributed by atoms with E-state index in [0.717, 1.165) is 0 Å². The van der Waals surface area contributed by atoms with Crippen molar-refractivity contribution in [3.05, 3.63) is 11.8 Å². The van der Waals surface area contributed by atoms with Crippen molar-refractivity contribution in [1.29, 1.82) is 0 Å². The second-order valence-electron chi connectivity index (χ2n) is 2.37. The van der Waals surface area contributed by atoms with Crippen LogP contribution in [-0.4, -0.2) is 27.3 Å². The first-order valence-electron chi connectivity index (χ1n) is 4.22. The van der Waals surface area contributed by atoms with Crippen LogP contribution in [0.2, 0.25) is 0 Å². The summed E-state index contributed by atoms with van der Waals surface area (Å²) in [6.45, 7) is 9.09. The van der Waals surface area contributed by atoms with Crippen molar-refractivity contribution in [1.82, 2.24) is 4.57 Å². The molecule has 10 heavy (non-hydrogen) atoms. The number of hydrogen-bond donors (Lipinski definition) is 0. The largest absolute Gasteiger partial charge is 0.326 e. The Kier molecular flexibility index (Phi) is 6.97. The minimum atomic E-state index is -0.0330. The van der Waals surface area contributed by atoms with Gasteiger partial charge < -0.3 is 4.57 Å². The number of rotatable bonds is 5. The van der Waals surface area contributed by atoms with E-state index in [1.165, 1.54) is 19.5 Å². The summed E-state index contributed by atoms with van der Waals surface area (Å²) in [5, 5.41) is 0. The van der Waals surface area contributed by atoms with E-state index < -0.39 is 0 Å². The van der Waals surface area contributed by atoms with Gasteiger partial charge in [0, 0.05) is 0 Å². The van der Waals surface area contributed by atoms with Gasteiger partial charge in [0.2, 0.25) is 0 Å². The first-order chi connectivity index (χ1) is 4.85. The highest BCUT2D eigenvalue weighted by molar-refractivity contribution is 6.38. The van der Waals surface area contributed by atoms with Crippen molar-refractivity contribution in [2.45, 2.75) is 27.2 Å². The molecule has 0 spiro atoms. The third kappa shape index (κ3) is 4.76. The molecule has 0 radical (unpaired) electrons. The van der Waals surface area contributed by atoms with Crippen molar-refractivity contribution in [2.75, 3.05) is 13.1 Å². The normalized spacial score (nSPS) is 12.8. The Morgan fingerprint density at radius 1 is 1.20 bits per heavy atom. The summed E-state index contributed by atoms with van der Waals surface area (Å²) in [5.41, 5.74) is 2.38. The minimum Gasteiger partial charge on any atom is -0.326 e. The van der Waals surface area contributed by atoms with Crippen LogP contribution in [0.5, 0.6) is 0 Å². The average molecular weight is 157 g/mol. The lowest BCUT2D eigenvalue weighted by molar-refractivity contribution is 0.498. The third-order valence-corrected chi connectivity index (χ3v) is 3.62. The van der Waals surface area contributed by atoms with E-state index in [2.05, 4.69) is 37.1 Å². The molecule has 0 N–H and O–H groups in total.